The Hall–Kier alpha value is -2.34. The minimum Gasteiger partial charge on any atom is -0.371 e. The Morgan fingerprint density at radius 3 is 2.39 bits per heavy atom. The van der Waals surface area contributed by atoms with Crippen LogP contribution in [-0.4, -0.2) is 39.2 Å². The number of rotatable bonds is 6. The van der Waals surface area contributed by atoms with E-state index in [0.717, 1.165) is 42.7 Å². The molecule has 1 aliphatic rings. The molecule has 150 valence electrons. The Morgan fingerprint density at radius 1 is 1.11 bits per heavy atom. The second-order valence-corrected chi connectivity index (χ2v) is 9.67. The van der Waals surface area contributed by atoms with E-state index in [4.69, 9.17) is 0 Å². The molecule has 1 saturated heterocycles. The molecule has 0 unspecified atom stereocenters. The van der Waals surface area contributed by atoms with Gasteiger partial charge < -0.3 is 10.2 Å². The first kappa shape index (κ1) is 20.4. The summed E-state index contributed by atoms with van der Waals surface area (Å²) in [5.74, 6) is 0.179. The number of amides is 1. The lowest BCUT2D eigenvalue weighted by Gasteiger charge is -2.34. The fourth-order valence-corrected chi connectivity index (χ4v) is 4.48. The summed E-state index contributed by atoms with van der Waals surface area (Å²) < 4.78 is 23.9. The van der Waals surface area contributed by atoms with Crippen molar-refractivity contribution in [3.63, 3.8) is 0 Å². The Kier molecular flexibility index (Phi) is 6.39. The summed E-state index contributed by atoms with van der Waals surface area (Å²) in [5.41, 5.74) is 3.23. The molecule has 0 radical (unpaired) electrons. The van der Waals surface area contributed by atoms with E-state index in [1.54, 1.807) is 19.1 Å². The molecule has 0 atom stereocenters. The number of carbonyl (C=O) groups excluding carboxylic acids is 1. The molecule has 1 amide bonds. The highest BCUT2D eigenvalue weighted by atomic mass is 32.2. The summed E-state index contributed by atoms with van der Waals surface area (Å²) in [4.78, 5) is 14.9. The van der Waals surface area contributed by atoms with E-state index < -0.39 is 9.84 Å². The first-order valence-electron chi connectivity index (χ1n) is 9.80. The van der Waals surface area contributed by atoms with Crippen molar-refractivity contribution in [2.75, 3.05) is 23.7 Å². The maximum atomic E-state index is 12.3. The fourth-order valence-electron chi connectivity index (χ4n) is 3.60. The lowest BCUT2D eigenvalue weighted by molar-refractivity contribution is -0.121. The highest BCUT2D eigenvalue weighted by Gasteiger charge is 2.21. The molecular weight excluding hydrogens is 372 g/mol. The van der Waals surface area contributed by atoms with Gasteiger partial charge in [-0.15, -0.1) is 0 Å². The van der Waals surface area contributed by atoms with Crippen LogP contribution in [0.1, 0.15) is 30.9 Å². The number of benzene rings is 2. The number of sulfone groups is 1. The average molecular weight is 401 g/mol. The van der Waals surface area contributed by atoms with Crippen LogP contribution in [0, 0.1) is 6.92 Å². The van der Waals surface area contributed by atoms with Gasteiger partial charge in [-0.2, -0.15) is 0 Å². The van der Waals surface area contributed by atoms with Crippen molar-refractivity contribution < 1.29 is 13.2 Å². The van der Waals surface area contributed by atoms with Crippen LogP contribution in [0.3, 0.4) is 0 Å². The molecule has 1 aliphatic heterocycles. The van der Waals surface area contributed by atoms with Crippen molar-refractivity contribution in [3.05, 3.63) is 59.7 Å². The summed E-state index contributed by atoms with van der Waals surface area (Å²) in [7, 11) is -3.16. The monoisotopic (exact) mass is 400 g/mol. The maximum Gasteiger partial charge on any atom is 0.224 e. The van der Waals surface area contributed by atoms with E-state index in [-0.39, 0.29) is 17.7 Å². The number of piperidine rings is 1. The number of anilines is 1. The highest BCUT2D eigenvalue weighted by Crippen LogP contribution is 2.22. The van der Waals surface area contributed by atoms with Crippen molar-refractivity contribution in [2.45, 2.75) is 44.0 Å². The molecule has 3 rings (SSSR count). The lowest BCUT2D eigenvalue weighted by atomic mass is 10.0. The molecule has 0 aliphatic carbocycles. The zero-order valence-electron chi connectivity index (χ0n) is 16.5. The van der Waals surface area contributed by atoms with Crippen LogP contribution in [0.5, 0.6) is 0 Å². The molecule has 1 heterocycles. The zero-order valence-corrected chi connectivity index (χ0v) is 17.3. The third-order valence-corrected chi connectivity index (χ3v) is 7.00. The molecule has 2 aromatic carbocycles. The zero-order chi connectivity index (χ0) is 20.1. The van der Waals surface area contributed by atoms with Gasteiger partial charge in [0.25, 0.3) is 0 Å². The van der Waals surface area contributed by atoms with Gasteiger partial charge in [-0.1, -0.05) is 36.8 Å². The predicted molar refractivity (Wildman–Crippen MR) is 112 cm³/mol. The van der Waals surface area contributed by atoms with Crippen LogP contribution < -0.4 is 10.2 Å². The summed E-state index contributed by atoms with van der Waals surface area (Å²) >= 11 is 0. The number of carbonyl (C=O) groups is 1. The second kappa shape index (κ2) is 8.78. The molecule has 1 N–H and O–H groups in total. The first-order valence-corrected chi connectivity index (χ1v) is 11.5. The molecule has 0 bridgehead atoms. The van der Waals surface area contributed by atoms with Crippen LogP contribution in [0.25, 0.3) is 0 Å². The van der Waals surface area contributed by atoms with E-state index in [1.165, 1.54) is 0 Å². The molecule has 2 aromatic rings. The van der Waals surface area contributed by atoms with Gasteiger partial charge in [0.1, 0.15) is 0 Å². The fraction of sp³-hybridized carbons (Fsp3) is 0.409. The van der Waals surface area contributed by atoms with Gasteiger partial charge in [0.2, 0.25) is 5.91 Å². The van der Waals surface area contributed by atoms with Gasteiger partial charge in [-0.05, 0) is 49.6 Å². The van der Waals surface area contributed by atoms with Crippen molar-refractivity contribution in [1.29, 1.82) is 0 Å². The smallest absolute Gasteiger partial charge is 0.224 e. The molecule has 0 saturated carbocycles. The minimum atomic E-state index is -3.16. The summed E-state index contributed by atoms with van der Waals surface area (Å²) in [6.07, 6.45) is 2.18. The van der Waals surface area contributed by atoms with Crippen molar-refractivity contribution in [3.8, 4) is 0 Å². The summed E-state index contributed by atoms with van der Waals surface area (Å²) in [6.45, 7) is 5.37. The highest BCUT2D eigenvalue weighted by molar-refractivity contribution is 7.91. The standard InChI is InChI=1S/C22H28N2O3S/c1-3-28(26,27)21-9-7-20(8-10-21)24-13-11-19(12-14-24)23-22(25)16-18-6-4-5-17(2)15-18/h4-10,15,19H,3,11-14,16H2,1-2H3,(H,23,25). The van der Waals surface area contributed by atoms with E-state index >= 15 is 0 Å². The number of hydrogen-bond acceptors (Lipinski definition) is 4. The third-order valence-electron chi connectivity index (χ3n) is 5.25. The first-order chi connectivity index (χ1) is 13.4. The number of nitrogens with zero attached hydrogens (tertiary/aromatic N) is 1. The third kappa shape index (κ3) is 5.13. The van der Waals surface area contributed by atoms with Gasteiger partial charge in [-0.25, -0.2) is 8.42 Å². The number of hydrogen-bond donors (Lipinski definition) is 1. The molecule has 28 heavy (non-hydrogen) atoms. The molecule has 0 spiro atoms. The average Bonchev–Trinajstić information content (AvgIpc) is 2.68. The summed E-state index contributed by atoms with van der Waals surface area (Å²) in [5, 5.41) is 3.15. The Bertz CT molecular complexity index is 915. The minimum absolute atomic E-state index is 0.0678. The van der Waals surface area contributed by atoms with E-state index in [2.05, 4.69) is 10.2 Å². The lowest BCUT2D eigenvalue weighted by Crippen LogP contribution is -2.45. The van der Waals surface area contributed by atoms with Gasteiger partial charge in [0.05, 0.1) is 17.1 Å². The van der Waals surface area contributed by atoms with Crippen LogP contribution in [0.4, 0.5) is 5.69 Å². The molecule has 1 fully saturated rings. The maximum absolute atomic E-state index is 12.3. The predicted octanol–water partition coefficient (Wildman–Crippen LogP) is 3.12. The van der Waals surface area contributed by atoms with E-state index in [0.29, 0.717) is 11.3 Å². The Labute approximate surface area is 167 Å². The van der Waals surface area contributed by atoms with E-state index in [1.807, 2.05) is 43.3 Å². The largest absolute Gasteiger partial charge is 0.371 e. The molecule has 0 aromatic heterocycles. The van der Waals surface area contributed by atoms with E-state index in [9.17, 15) is 13.2 Å². The van der Waals surface area contributed by atoms with Crippen molar-refractivity contribution in [2.24, 2.45) is 0 Å². The van der Waals surface area contributed by atoms with Crippen LogP contribution in [0.2, 0.25) is 0 Å². The molecule has 6 heteroatoms. The van der Waals surface area contributed by atoms with Gasteiger partial charge in [0, 0.05) is 24.8 Å². The van der Waals surface area contributed by atoms with Gasteiger partial charge >= 0.3 is 0 Å². The van der Waals surface area contributed by atoms with Crippen molar-refractivity contribution in [1.82, 2.24) is 5.32 Å². The number of nitrogens with one attached hydrogen (secondary N) is 1. The van der Waals surface area contributed by atoms with Crippen LogP contribution >= 0.6 is 0 Å². The number of aryl methyl sites for hydroxylation is 1. The van der Waals surface area contributed by atoms with Crippen LogP contribution in [-0.2, 0) is 21.1 Å². The van der Waals surface area contributed by atoms with Gasteiger partial charge in [0.15, 0.2) is 9.84 Å². The normalized spacial score (nSPS) is 15.4. The Morgan fingerprint density at radius 2 is 1.79 bits per heavy atom. The van der Waals surface area contributed by atoms with Crippen molar-refractivity contribution >= 4 is 21.4 Å². The molecular formula is C22H28N2O3S. The van der Waals surface area contributed by atoms with Gasteiger partial charge in [-0.3, -0.25) is 4.79 Å². The Balaban J connectivity index is 1.51. The topological polar surface area (TPSA) is 66.5 Å². The SMILES string of the molecule is CCS(=O)(=O)c1ccc(N2CCC(NC(=O)Cc3cccc(C)c3)CC2)cc1. The second-order valence-electron chi connectivity index (χ2n) is 7.39. The summed E-state index contributed by atoms with van der Waals surface area (Å²) in [6, 6.07) is 15.3. The quantitative estimate of drug-likeness (QED) is 0.809. The molecule has 5 nitrogen and oxygen atoms in total. The van der Waals surface area contributed by atoms with Crippen LogP contribution in [0.15, 0.2) is 53.4 Å².